The molecule has 0 fully saturated rings. The molecule has 0 aliphatic carbocycles. The van der Waals surface area contributed by atoms with Gasteiger partial charge >= 0.3 is 11.9 Å². The third kappa shape index (κ3) is 3.97. The van der Waals surface area contributed by atoms with Crippen LogP contribution < -0.4 is 0 Å². The van der Waals surface area contributed by atoms with Crippen LogP contribution in [0.4, 0.5) is 4.39 Å². The maximum Gasteiger partial charge on any atom is 0.338 e. The van der Waals surface area contributed by atoms with Gasteiger partial charge in [-0.05, 0) is 19.1 Å². The van der Waals surface area contributed by atoms with Crippen LogP contribution in [-0.4, -0.2) is 28.6 Å². The molecule has 0 aromatic carbocycles. The van der Waals surface area contributed by atoms with Crippen LogP contribution in [-0.2, 0) is 9.53 Å². The highest BCUT2D eigenvalue weighted by Gasteiger charge is 2.10. The van der Waals surface area contributed by atoms with E-state index in [1.165, 1.54) is 12.2 Å². The number of carbonyl (C=O) groups excluding carboxylic acids is 1. The summed E-state index contributed by atoms with van der Waals surface area (Å²) in [6.07, 6.45) is 3.79. The van der Waals surface area contributed by atoms with Crippen LogP contribution in [0, 0.1) is 5.82 Å². The van der Waals surface area contributed by atoms with Gasteiger partial charge in [-0.3, -0.25) is 9.78 Å². The van der Waals surface area contributed by atoms with Gasteiger partial charge in [-0.2, -0.15) is 0 Å². The first-order valence-corrected chi connectivity index (χ1v) is 5.25. The average Bonchev–Trinajstić information content (AvgIpc) is 2.31. The number of carbonyl (C=O) groups is 2. The Kier molecular flexibility index (Phi) is 4.98. The predicted octanol–water partition coefficient (Wildman–Crippen LogP) is 1.89. The molecule has 1 N–H and O–H groups in total. The first-order valence-electron chi connectivity index (χ1n) is 5.25. The van der Waals surface area contributed by atoms with Crippen molar-refractivity contribution in [1.29, 1.82) is 0 Å². The van der Waals surface area contributed by atoms with Gasteiger partial charge in [-0.25, -0.2) is 9.18 Å². The van der Waals surface area contributed by atoms with Crippen molar-refractivity contribution in [2.45, 2.75) is 13.3 Å². The number of nitrogens with zero attached hydrogens (tertiary/aromatic N) is 1. The standard InChI is InChI=1S/C12H12FNO4/c1-2-18-11(15)5-3-4-8-6-9(12(16)17)10(13)7-14-8/h3-4,6-7H,2,5H2,1H3,(H,16,17). The van der Waals surface area contributed by atoms with E-state index in [9.17, 15) is 14.0 Å². The fourth-order valence-corrected chi connectivity index (χ4v) is 1.21. The average molecular weight is 253 g/mol. The minimum Gasteiger partial charge on any atom is -0.478 e. The van der Waals surface area contributed by atoms with Crippen molar-refractivity contribution in [1.82, 2.24) is 4.98 Å². The summed E-state index contributed by atoms with van der Waals surface area (Å²) in [5, 5.41) is 8.71. The lowest BCUT2D eigenvalue weighted by Crippen LogP contribution is -2.02. The zero-order valence-electron chi connectivity index (χ0n) is 9.72. The summed E-state index contributed by atoms with van der Waals surface area (Å²) in [4.78, 5) is 25.4. The third-order valence-corrected chi connectivity index (χ3v) is 1.99. The van der Waals surface area contributed by atoms with Crippen molar-refractivity contribution in [2.75, 3.05) is 6.61 Å². The lowest BCUT2D eigenvalue weighted by Gasteiger charge is -1.99. The second-order valence-electron chi connectivity index (χ2n) is 3.31. The Morgan fingerprint density at radius 3 is 2.89 bits per heavy atom. The lowest BCUT2D eigenvalue weighted by atomic mass is 10.2. The highest BCUT2D eigenvalue weighted by molar-refractivity contribution is 5.88. The molecular weight excluding hydrogens is 241 g/mol. The molecule has 5 nitrogen and oxygen atoms in total. The Bertz CT molecular complexity index is 485. The number of aromatic nitrogens is 1. The number of esters is 1. The van der Waals surface area contributed by atoms with Gasteiger partial charge in [0.05, 0.1) is 30.5 Å². The quantitative estimate of drug-likeness (QED) is 0.811. The third-order valence-electron chi connectivity index (χ3n) is 1.99. The smallest absolute Gasteiger partial charge is 0.338 e. The summed E-state index contributed by atoms with van der Waals surface area (Å²) in [5.74, 6) is -2.66. The molecule has 0 saturated carbocycles. The molecule has 1 heterocycles. The molecule has 1 aromatic rings. The molecule has 0 aliphatic heterocycles. The molecule has 0 aliphatic rings. The predicted molar refractivity (Wildman–Crippen MR) is 61.4 cm³/mol. The van der Waals surface area contributed by atoms with Crippen LogP contribution >= 0.6 is 0 Å². The number of carboxylic acids is 1. The lowest BCUT2D eigenvalue weighted by molar-refractivity contribution is -0.142. The first-order chi connectivity index (χ1) is 8.54. The summed E-state index contributed by atoms with van der Waals surface area (Å²) in [5.41, 5.74) is -0.195. The molecule has 0 bridgehead atoms. The van der Waals surface area contributed by atoms with Gasteiger partial charge in [0.1, 0.15) is 0 Å². The molecule has 1 aromatic heterocycles. The molecule has 0 spiro atoms. The zero-order chi connectivity index (χ0) is 13.5. The van der Waals surface area contributed by atoms with E-state index in [0.29, 0.717) is 6.61 Å². The van der Waals surface area contributed by atoms with Crippen LogP contribution in [0.5, 0.6) is 0 Å². The first kappa shape index (κ1) is 13.8. The SMILES string of the molecule is CCOC(=O)CC=Cc1cc(C(=O)O)c(F)cn1. The molecule has 0 atom stereocenters. The monoisotopic (exact) mass is 253 g/mol. The summed E-state index contributed by atoms with van der Waals surface area (Å²) in [6.45, 7) is 1.99. The Hall–Kier alpha value is -2.24. The topological polar surface area (TPSA) is 76.5 Å². The maximum atomic E-state index is 13.0. The number of carboxylic acid groups (broad SMARTS) is 1. The van der Waals surface area contributed by atoms with E-state index < -0.39 is 23.3 Å². The summed E-state index contributed by atoms with van der Waals surface area (Å²) < 4.78 is 17.7. The Balaban J connectivity index is 2.73. The fraction of sp³-hybridized carbons (Fsp3) is 0.250. The molecule has 0 unspecified atom stereocenters. The minimum atomic E-state index is -1.37. The fourth-order valence-electron chi connectivity index (χ4n) is 1.21. The van der Waals surface area contributed by atoms with E-state index in [-0.39, 0.29) is 12.1 Å². The van der Waals surface area contributed by atoms with Crippen molar-refractivity contribution in [3.8, 4) is 0 Å². The molecule has 18 heavy (non-hydrogen) atoms. The zero-order valence-corrected chi connectivity index (χ0v) is 9.72. The van der Waals surface area contributed by atoms with E-state index in [2.05, 4.69) is 4.98 Å². The second-order valence-corrected chi connectivity index (χ2v) is 3.31. The largest absolute Gasteiger partial charge is 0.478 e. The Morgan fingerprint density at radius 2 is 2.28 bits per heavy atom. The summed E-state index contributed by atoms with van der Waals surface area (Å²) >= 11 is 0. The number of pyridine rings is 1. The van der Waals surface area contributed by atoms with Gasteiger partial charge in [0.2, 0.25) is 0 Å². The number of hydrogen-bond acceptors (Lipinski definition) is 4. The van der Waals surface area contributed by atoms with Crippen molar-refractivity contribution in [3.63, 3.8) is 0 Å². The van der Waals surface area contributed by atoms with E-state index in [4.69, 9.17) is 9.84 Å². The molecule has 0 saturated heterocycles. The maximum absolute atomic E-state index is 13.0. The molecule has 0 amide bonds. The van der Waals surface area contributed by atoms with Gasteiger partial charge in [0.25, 0.3) is 0 Å². The van der Waals surface area contributed by atoms with Gasteiger partial charge < -0.3 is 9.84 Å². The number of hydrogen-bond donors (Lipinski definition) is 1. The van der Waals surface area contributed by atoms with Crippen LogP contribution in [0.1, 0.15) is 29.4 Å². The Labute approximate surface area is 103 Å². The number of aromatic carboxylic acids is 1. The molecule has 96 valence electrons. The van der Waals surface area contributed by atoms with Crippen molar-refractivity contribution in [3.05, 3.63) is 35.4 Å². The van der Waals surface area contributed by atoms with Crippen molar-refractivity contribution >= 4 is 18.0 Å². The van der Waals surface area contributed by atoms with Gasteiger partial charge in [-0.1, -0.05) is 6.08 Å². The van der Waals surface area contributed by atoms with Crippen LogP contribution in [0.3, 0.4) is 0 Å². The molecular formula is C12H12FNO4. The second kappa shape index (κ2) is 6.48. The van der Waals surface area contributed by atoms with Gasteiger partial charge in [0, 0.05) is 0 Å². The summed E-state index contributed by atoms with van der Waals surface area (Å²) in [7, 11) is 0. The normalized spacial score (nSPS) is 10.6. The van der Waals surface area contributed by atoms with Gasteiger partial charge in [0.15, 0.2) is 5.82 Å². The van der Waals surface area contributed by atoms with Crippen LogP contribution in [0.25, 0.3) is 6.08 Å². The highest BCUT2D eigenvalue weighted by atomic mass is 19.1. The van der Waals surface area contributed by atoms with E-state index in [1.807, 2.05) is 0 Å². The van der Waals surface area contributed by atoms with Crippen LogP contribution in [0.15, 0.2) is 18.3 Å². The van der Waals surface area contributed by atoms with E-state index in [0.717, 1.165) is 12.3 Å². The summed E-state index contributed by atoms with van der Waals surface area (Å²) in [6, 6.07) is 1.10. The molecule has 6 heteroatoms. The van der Waals surface area contributed by atoms with Crippen molar-refractivity contribution < 1.29 is 23.8 Å². The van der Waals surface area contributed by atoms with E-state index >= 15 is 0 Å². The minimum absolute atomic E-state index is 0.0509. The highest BCUT2D eigenvalue weighted by Crippen LogP contribution is 2.09. The number of rotatable bonds is 5. The number of halogens is 1. The Morgan fingerprint density at radius 1 is 1.56 bits per heavy atom. The number of ether oxygens (including phenoxy) is 1. The van der Waals surface area contributed by atoms with Gasteiger partial charge in [-0.15, -0.1) is 0 Å². The van der Waals surface area contributed by atoms with Crippen LogP contribution in [0.2, 0.25) is 0 Å². The molecule has 0 radical (unpaired) electrons. The van der Waals surface area contributed by atoms with Crippen molar-refractivity contribution in [2.24, 2.45) is 0 Å². The van der Waals surface area contributed by atoms with E-state index in [1.54, 1.807) is 6.92 Å². The molecule has 1 rings (SSSR count).